The lowest BCUT2D eigenvalue weighted by atomic mass is 9.77. The smallest absolute Gasteiger partial charge is 0.495 e. The second-order valence-electron chi connectivity index (χ2n) is 8.33. The summed E-state index contributed by atoms with van der Waals surface area (Å²) in [4.78, 5) is 0. The van der Waals surface area contributed by atoms with E-state index in [1.54, 1.807) is 28.9 Å². The molecule has 146 valence electrons. The number of fused-ring (bicyclic) bond motifs is 1. The predicted octanol–water partition coefficient (Wildman–Crippen LogP) is 2.77. The van der Waals surface area contributed by atoms with Crippen molar-refractivity contribution in [1.82, 2.24) is 9.78 Å². The highest BCUT2D eigenvalue weighted by Gasteiger charge is 2.52. The molecule has 7 heteroatoms. The Morgan fingerprint density at radius 3 is 2.32 bits per heavy atom. The zero-order valence-electron chi connectivity index (χ0n) is 16.6. The van der Waals surface area contributed by atoms with E-state index >= 15 is 0 Å². The van der Waals surface area contributed by atoms with Crippen LogP contribution in [-0.2, 0) is 15.9 Å². The molecule has 2 heterocycles. The van der Waals surface area contributed by atoms with Crippen LogP contribution in [0.5, 0.6) is 5.75 Å². The number of aromatic nitrogens is 2. The van der Waals surface area contributed by atoms with Gasteiger partial charge in [0.25, 0.3) is 0 Å². The van der Waals surface area contributed by atoms with Crippen molar-refractivity contribution in [2.24, 2.45) is 0 Å². The van der Waals surface area contributed by atoms with Crippen molar-refractivity contribution >= 4 is 23.5 Å². The Balaban J connectivity index is 1.62. The van der Waals surface area contributed by atoms with E-state index in [0.717, 1.165) is 21.9 Å². The fourth-order valence-electron chi connectivity index (χ4n) is 3.36. The molecule has 4 rings (SSSR count). The van der Waals surface area contributed by atoms with Crippen molar-refractivity contribution in [2.45, 2.75) is 51.5 Å². The molecule has 28 heavy (non-hydrogen) atoms. The predicted molar refractivity (Wildman–Crippen MR) is 109 cm³/mol. The van der Waals surface area contributed by atoms with Crippen LogP contribution in [0.3, 0.4) is 0 Å². The van der Waals surface area contributed by atoms with Gasteiger partial charge in [-0.1, -0.05) is 24.3 Å². The van der Waals surface area contributed by atoms with E-state index in [1.165, 1.54) is 0 Å². The molecule has 6 nitrogen and oxygen atoms in total. The molecule has 0 radical (unpaired) electrons. The second-order valence-corrected chi connectivity index (χ2v) is 8.33. The summed E-state index contributed by atoms with van der Waals surface area (Å²) in [6.45, 7) is 8.44. The maximum absolute atomic E-state index is 10.5. The molecule has 2 N–H and O–H groups in total. The third-order valence-electron chi connectivity index (χ3n) is 5.78. The summed E-state index contributed by atoms with van der Waals surface area (Å²) in [7, 11) is -0.464. The Labute approximate surface area is 164 Å². The van der Waals surface area contributed by atoms with Gasteiger partial charge in [-0.25, -0.2) is 0 Å². The van der Waals surface area contributed by atoms with Crippen LogP contribution in [0, 0.1) is 0 Å². The van der Waals surface area contributed by atoms with E-state index in [1.807, 2.05) is 52.1 Å². The standard InChI is InChI=1S/C21H25BN2O4/c1-20(2)21(3,4)28-22(27-20)17-6-5-7-18-16(17)12-24(23-18)13-19(26)14-8-10-15(25)11-9-14/h5-12,19,25-26H,13H2,1-4H3/t19-/m0/s1. The Bertz CT molecular complexity index is 981. The molecule has 3 aromatic rings. The topological polar surface area (TPSA) is 76.7 Å². The first kappa shape index (κ1) is 19.0. The van der Waals surface area contributed by atoms with Crippen LogP contribution in [0.2, 0.25) is 0 Å². The highest BCUT2D eigenvalue weighted by molar-refractivity contribution is 6.65. The first-order valence-electron chi connectivity index (χ1n) is 9.45. The van der Waals surface area contributed by atoms with E-state index in [9.17, 15) is 10.2 Å². The van der Waals surface area contributed by atoms with Gasteiger partial charge < -0.3 is 19.5 Å². The minimum atomic E-state index is -0.727. The van der Waals surface area contributed by atoms with Crippen LogP contribution in [0.25, 0.3) is 10.9 Å². The van der Waals surface area contributed by atoms with Crippen molar-refractivity contribution in [1.29, 1.82) is 0 Å². The van der Waals surface area contributed by atoms with E-state index in [-0.39, 0.29) is 5.75 Å². The minimum absolute atomic E-state index is 0.174. The molecular formula is C21H25BN2O4. The van der Waals surface area contributed by atoms with E-state index < -0.39 is 24.4 Å². The number of phenols is 1. The van der Waals surface area contributed by atoms with Crippen LogP contribution in [-0.4, -0.2) is 38.3 Å². The minimum Gasteiger partial charge on any atom is -0.508 e. The summed E-state index contributed by atoms with van der Waals surface area (Å²) in [6.07, 6.45) is 1.19. The Hall–Kier alpha value is -2.35. The van der Waals surface area contributed by atoms with Gasteiger partial charge in [-0.2, -0.15) is 5.10 Å². The van der Waals surface area contributed by atoms with Gasteiger partial charge in [0.1, 0.15) is 5.75 Å². The number of hydrogen-bond acceptors (Lipinski definition) is 5. The van der Waals surface area contributed by atoms with Crippen LogP contribution in [0.15, 0.2) is 48.7 Å². The molecule has 2 aromatic carbocycles. The first-order valence-corrected chi connectivity index (χ1v) is 9.45. The van der Waals surface area contributed by atoms with Crippen molar-refractivity contribution < 1.29 is 19.5 Å². The summed E-state index contributed by atoms with van der Waals surface area (Å²) >= 11 is 0. The third-order valence-corrected chi connectivity index (χ3v) is 5.78. The SMILES string of the molecule is CC1(C)OB(c2cccc3nn(C[C@H](O)c4ccc(O)cc4)cc23)OC1(C)C. The molecular weight excluding hydrogens is 355 g/mol. The van der Waals surface area contributed by atoms with Gasteiger partial charge in [-0.05, 0) is 56.9 Å². The number of aliphatic hydroxyl groups excluding tert-OH is 1. The van der Waals surface area contributed by atoms with Crippen molar-refractivity contribution in [3.63, 3.8) is 0 Å². The normalized spacial score (nSPS) is 19.2. The lowest BCUT2D eigenvalue weighted by Crippen LogP contribution is -2.41. The molecule has 0 aliphatic carbocycles. The maximum atomic E-state index is 10.5. The zero-order chi connectivity index (χ0) is 20.1. The number of benzene rings is 2. The molecule has 1 atom stereocenters. The van der Waals surface area contributed by atoms with Gasteiger partial charge in [0.15, 0.2) is 0 Å². The van der Waals surface area contributed by atoms with E-state index in [2.05, 4.69) is 5.10 Å². The molecule has 1 saturated heterocycles. The molecule has 0 saturated carbocycles. The van der Waals surface area contributed by atoms with Crippen LogP contribution < -0.4 is 5.46 Å². The molecule has 1 aliphatic heterocycles. The Morgan fingerprint density at radius 1 is 1.04 bits per heavy atom. The van der Waals surface area contributed by atoms with Crippen molar-refractivity contribution in [3.05, 3.63) is 54.2 Å². The Morgan fingerprint density at radius 2 is 1.68 bits per heavy atom. The maximum Gasteiger partial charge on any atom is 0.495 e. The van der Waals surface area contributed by atoms with Gasteiger partial charge >= 0.3 is 7.12 Å². The highest BCUT2D eigenvalue weighted by Crippen LogP contribution is 2.37. The summed E-state index contributed by atoms with van der Waals surface area (Å²) < 4.78 is 14.1. The lowest BCUT2D eigenvalue weighted by Gasteiger charge is -2.32. The van der Waals surface area contributed by atoms with Gasteiger partial charge in [0.2, 0.25) is 0 Å². The number of nitrogens with zero attached hydrogens (tertiary/aromatic N) is 2. The first-order chi connectivity index (χ1) is 13.2. The highest BCUT2D eigenvalue weighted by atomic mass is 16.7. The van der Waals surface area contributed by atoms with E-state index in [0.29, 0.717) is 6.54 Å². The van der Waals surface area contributed by atoms with Crippen LogP contribution in [0.1, 0.15) is 39.4 Å². The third kappa shape index (κ3) is 3.30. The van der Waals surface area contributed by atoms with Gasteiger partial charge in [-0.3, -0.25) is 4.68 Å². The fourth-order valence-corrected chi connectivity index (χ4v) is 3.36. The quantitative estimate of drug-likeness (QED) is 0.681. The fraction of sp³-hybridized carbons (Fsp3) is 0.381. The van der Waals surface area contributed by atoms with Crippen LogP contribution >= 0.6 is 0 Å². The summed E-state index contributed by atoms with van der Waals surface area (Å²) in [5.41, 5.74) is 1.66. The summed E-state index contributed by atoms with van der Waals surface area (Å²) in [5, 5.41) is 25.5. The van der Waals surface area contributed by atoms with Gasteiger partial charge in [-0.15, -0.1) is 0 Å². The van der Waals surface area contributed by atoms with Crippen molar-refractivity contribution in [3.8, 4) is 5.75 Å². The number of phenolic OH excluding ortho intramolecular Hbond substituents is 1. The monoisotopic (exact) mass is 380 g/mol. The lowest BCUT2D eigenvalue weighted by molar-refractivity contribution is 0.00578. The number of rotatable bonds is 4. The zero-order valence-corrected chi connectivity index (χ0v) is 16.6. The van der Waals surface area contributed by atoms with E-state index in [4.69, 9.17) is 9.31 Å². The van der Waals surface area contributed by atoms with Gasteiger partial charge in [0.05, 0.1) is 29.4 Å². The largest absolute Gasteiger partial charge is 0.508 e. The number of aliphatic hydroxyl groups is 1. The average molecular weight is 380 g/mol. The van der Waals surface area contributed by atoms with Crippen LogP contribution in [0.4, 0.5) is 0 Å². The second kappa shape index (κ2) is 6.62. The van der Waals surface area contributed by atoms with Gasteiger partial charge in [0, 0.05) is 11.6 Å². The molecule has 0 amide bonds. The Kier molecular flexibility index (Phi) is 4.49. The molecule has 1 fully saturated rings. The average Bonchev–Trinajstić information content (AvgIpc) is 3.12. The number of hydrogen-bond donors (Lipinski definition) is 2. The molecule has 0 bridgehead atoms. The molecule has 0 unspecified atom stereocenters. The molecule has 1 aromatic heterocycles. The van der Waals surface area contributed by atoms with Crippen molar-refractivity contribution in [2.75, 3.05) is 0 Å². The number of aromatic hydroxyl groups is 1. The molecule has 0 spiro atoms. The summed E-state index contributed by atoms with van der Waals surface area (Å²) in [5.74, 6) is 0.174. The molecule has 1 aliphatic rings. The summed E-state index contributed by atoms with van der Waals surface area (Å²) in [6, 6.07) is 12.4.